The van der Waals surface area contributed by atoms with E-state index in [1.165, 1.54) is 0 Å². The zero-order valence-corrected chi connectivity index (χ0v) is 13.7. The normalized spacial score (nSPS) is 11.2. The van der Waals surface area contributed by atoms with Crippen molar-refractivity contribution in [2.24, 2.45) is 5.92 Å². The SMILES string of the molecule is CNCCOCCOCCOCCOCCC(=O)C(C)C. The number of hydrogen-bond donors (Lipinski definition) is 1. The number of carbonyl (C=O) groups is 1. The minimum absolute atomic E-state index is 0.0872. The van der Waals surface area contributed by atoms with Gasteiger partial charge < -0.3 is 24.3 Å². The number of ether oxygens (including phenoxy) is 4. The molecule has 0 aliphatic heterocycles. The molecule has 1 N–H and O–H groups in total. The van der Waals surface area contributed by atoms with Gasteiger partial charge >= 0.3 is 0 Å². The lowest BCUT2D eigenvalue weighted by molar-refractivity contribution is -0.123. The molecule has 0 fully saturated rings. The van der Waals surface area contributed by atoms with E-state index < -0.39 is 0 Å². The van der Waals surface area contributed by atoms with Crippen molar-refractivity contribution in [3.05, 3.63) is 0 Å². The maximum absolute atomic E-state index is 11.3. The van der Waals surface area contributed by atoms with Gasteiger partial charge in [-0.25, -0.2) is 0 Å². The van der Waals surface area contributed by atoms with Crippen molar-refractivity contribution in [3.63, 3.8) is 0 Å². The number of hydrogen-bond acceptors (Lipinski definition) is 6. The van der Waals surface area contributed by atoms with Crippen LogP contribution in [0.4, 0.5) is 0 Å². The van der Waals surface area contributed by atoms with Crippen LogP contribution in [0.1, 0.15) is 20.3 Å². The highest BCUT2D eigenvalue weighted by Crippen LogP contribution is 1.98. The van der Waals surface area contributed by atoms with Gasteiger partial charge in [0.25, 0.3) is 0 Å². The topological polar surface area (TPSA) is 66.0 Å². The molecule has 0 bridgehead atoms. The first-order valence-corrected chi connectivity index (χ1v) is 7.66. The van der Waals surface area contributed by atoms with Gasteiger partial charge in [0.1, 0.15) is 5.78 Å². The van der Waals surface area contributed by atoms with Crippen LogP contribution in [0, 0.1) is 5.92 Å². The van der Waals surface area contributed by atoms with E-state index >= 15 is 0 Å². The van der Waals surface area contributed by atoms with E-state index in [9.17, 15) is 4.79 Å². The minimum atomic E-state index is 0.0872. The molecule has 0 aliphatic carbocycles. The summed E-state index contributed by atoms with van der Waals surface area (Å²) in [4.78, 5) is 11.3. The molecule has 21 heavy (non-hydrogen) atoms. The van der Waals surface area contributed by atoms with Crippen LogP contribution < -0.4 is 5.32 Å². The second kappa shape index (κ2) is 15.9. The van der Waals surface area contributed by atoms with Crippen LogP contribution in [0.3, 0.4) is 0 Å². The van der Waals surface area contributed by atoms with Gasteiger partial charge in [0.2, 0.25) is 0 Å². The van der Waals surface area contributed by atoms with Crippen LogP contribution in [0.15, 0.2) is 0 Å². The summed E-state index contributed by atoms with van der Waals surface area (Å²) < 4.78 is 21.3. The molecule has 0 aromatic carbocycles. The molecule has 0 heterocycles. The third-order valence-electron chi connectivity index (χ3n) is 2.75. The number of carbonyl (C=O) groups excluding carboxylic acids is 1. The highest BCUT2D eigenvalue weighted by Gasteiger charge is 2.05. The third-order valence-corrected chi connectivity index (χ3v) is 2.75. The van der Waals surface area contributed by atoms with Crippen LogP contribution in [-0.2, 0) is 23.7 Å². The molecule has 0 saturated carbocycles. The van der Waals surface area contributed by atoms with Gasteiger partial charge in [-0.2, -0.15) is 0 Å². The molecular weight excluding hydrogens is 274 g/mol. The molecule has 6 nitrogen and oxygen atoms in total. The van der Waals surface area contributed by atoms with Gasteiger partial charge in [-0.3, -0.25) is 4.79 Å². The Labute approximate surface area is 128 Å². The average Bonchev–Trinajstić information content (AvgIpc) is 2.47. The Kier molecular flexibility index (Phi) is 15.5. The summed E-state index contributed by atoms with van der Waals surface area (Å²) in [6.45, 7) is 9.16. The molecular formula is C15H31NO5. The van der Waals surface area contributed by atoms with Crippen molar-refractivity contribution in [3.8, 4) is 0 Å². The Morgan fingerprint density at radius 3 is 1.67 bits per heavy atom. The Hall–Kier alpha value is -0.530. The smallest absolute Gasteiger partial charge is 0.137 e. The molecule has 0 unspecified atom stereocenters. The molecule has 0 radical (unpaired) electrons. The average molecular weight is 305 g/mol. The van der Waals surface area contributed by atoms with Crippen molar-refractivity contribution in [2.75, 3.05) is 66.4 Å². The predicted octanol–water partition coefficient (Wildman–Crippen LogP) is 0.887. The predicted molar refractivity (Wildman–Crippen MR) is 81.7 cm³/mol. The Morgan fingerprint density at radius 1 is 0.810 bits per heavy atom. The summed E-state index contributed by atoms with van der Waals surface area (Å²) in [6, 6.07) is 0. The van der Waals surface area contributed by atoms with Crippen LogP contribution >= 0.6 is 0 Å². The lowest BCUT2D eigenvalue weighted by Gasteiger charge is -2.08. The van der Waals surface area contributed by atoms with Crippen LogP contribution in [-0.4, -0.2) is 72.2 Å². The number of ketones is 1. The Balaban J connectivity index is 3.04. The van der Waals surface area contributed by atoms with Gasteiger partial charge in [-0.15, -0.1) is 0 Å². The summed E-state index contributed by atoms with van der Waals surface area (Å²) in [7, 11) is 1.89. The van der Waals surface area contributed by atoms with Crippen LogP contribution in [0.25, 0.3) is 0 Å². The molecule has 126 valence electrons. The highest BCUT2D eigenvalue weighted by molar-refractivity contribution is 5.80. The lowest BCUT2D eigenvalue weighted by Crippen LogP contribution is -2.17. The zero-order chi connectivity index (χ0) is 15.8. The summed E-state index contributed by atoms with van der Waals surface area (Å²) >= 11 is 0. The third kappa shape index (κ3) is 15.7. The van der Waals surface area contributed by atoms with Gasteiger partial charge in [0.15, 0.2) is 0 Å². The number of nitrogens with one attached hydrogen (secondary N) is 1. The molecule has 0 spiro atoms. The van der Waals surface area contributed by atoms with Crippen molar-refractivity contribution < 1.29 is 23.7 Å². The summed E-state index contributed by atoms with van der Waals surface area (Å²) in [5.41, 5.74) is 0. The fraction of sp³-hybridized carbons (Fsp3) is 0.933. The fourth-order valence-corrected chi connectivity index (χ4v) is 1.40. The van der Waals surface area contributed by atoms with Gasteiger partial charge in [-0.1, -0.05) is 13.8 Å². The van der Waals surface area contributed by atoms with Crippen molar-refractivity contribution >= 4 is 5.78 Å². The second-order valence-electron chi connectivity index (χ2n) is 4.92. The van der Waals surface area contributed by atoms with Crippen molar-refractivity contribution in [1.82, 2.24) is 5.32 Å². The Bertz CT molecular complexity index is 236. The summed E-state index contributed by atoms with van der Waals surface area (Å²) in [6.07, 6.45) is 0.480. The van der Waals surface area contributed by atoms with E-state index in [4.69, 9.17) is 18.9 Å². The van der Waals surface area contributed by atoms with Crippen LogP contribution in [0.2, 0.25) is 0 Å². The number of likely N-dealkylation sites (N-methyl/N-ethyl adjacent to an activating group) is 1. The maximum atomic E-state index is 11.3. The number of rotatable bonds is 16. The first kappa shape index (κ1) is 20.5. The first-order chi connectivity index (χ1) is 10.2. The van der Waals surface area contributed by atoms with Crippen LogP contribution in [0.5, 0.6) is 0 Å². The molecule has 0 saturated heterocycles. The summed E-state index contributed by atoms with van der Waals surface area (Å²) in [5.74, 6) is 0.325. The standard InChI is InChI=1S/C15H31NO5/c1-14(2)15(17)4-6-18-8-10-20-12-13-21-11-9-19-7-5-16-3/h14,16H,4-13H2,1-3H3. The molecule has 0 aliphatic rings. The second-order valence-corrected chi connectivity index (χ2v) is 4.92. The lowest BCUT2D eigenvalue weighted by atomic mass is 10.1. The van der Waals surface area contributed by atoms with E-state index in [2.05, 4.69) is 5.32 Å². The zero-order valence-electron chi connectivity index (χ0n) is 13.7. The largest absolute Gasteiger partial charge is 0.379 e. The van der Waals surface area contributed by atoms with E-state index in [0.717, 1.165) is 6.54 Å². The monoisotopic (exact) mass is 305 g/mol. The molecule has 0 amide bonds. The van der Waals surface area contributed by atoms with E-state index in [-0.39, 0.29) is 11.7 Å². The minimum Gasteiger partial charge on any atom is -0.379 e. The van der Waals surface area contributed by atoms with E-state index in [1.807, 2.05) is 20.9 Å². The summed E-state index contributed by atoms with van der Waals surface area (Å²) in [5, 5.41) is 3.00. The maximum Gasteiger partial charge on any atom is 0.137 e. The number of Topliss-reactive ketones (excluding diaryl/α,β-unsaturated/α-hetero) is 1. The molecule has 0 atom stereocenters. The first-order valence-electron chi connectivity index (χ1n) is 7.66. The molecule has 0 rings (SSSR count). The molecule has 0 aromatic rings. The van der Waals surface area contributed by atoms with Crippen molar-refractivity contribution in [2.45, 2.75) is 20.3 Å². The van der Waals surface area contributed by atoms with Gasteiger partial charge in [0.05, 0.1) is 52.9 Å². The Morgan fingerprint density at radius 2 is 1.24 bits per heavy atom. The van der Waals surface area contributed by atoms with Crippen molar-refractivity contribution in [1.29, 1.82) is 0 Å². The highest BCUT2D eigenvalue weighted by atomic mass is 16.6. The van der Waals surface area contributed by atoms with Gasteiger partial charge in [0, 0.05) is 18.9 Å². The quantitative estimate of drug-likeness (QED) is 0.427. The van der Waals surface area contributed by atoms with E-state index in [0.29, 0.717) is 59.3 Å². The molecule has 0 aromatic heterocycles. The van der Waals surface area contributed by atoms with E-state index in [1.54, 1.807) is 0 Å². The fourth-order valence-electron chi connectivity index (χ4n) is 1.40. The molecule has 6 heteroatoms. The van der Waals surface area contributed by atoms with Gasteiger partial charge in [-0.05, 0) is 7.05 Å².